The van der Waals surface area contributed by atoms with Gasteiger partial charge in [-0.05, 0) is 59.3 Å². The number of benzene rings is 2. The van der Waals surface area contributed by atoms with Gasteiger partial charge in [0.05, 0.1) is 17.1 Å². The molecule has 1 atom stereocenters. The van der Waals surface area contributed by atoms with E-state index >= 15 is 0 Å². The van der Waals surface area contributed by atoms with Crippen LogP contribution in [0.3, 0.4) is 0 Å². The Morgan fingerprint density at radius 3 is 2.80 bits per heavy atom. The smallest absolute Gasteiger partial charge is 0.0966 e. The molecule has 35 heavy (non-hydrogen) atoms. The van der Waals surface area contributed by atoms with Gasteiger partial charge in [-0.2, -0.15) is 0 Å². The van der Waals surface area contributed by atoms with E-state index in [2.05, 4.69) is 104 Å². The van der Waals surface area contributed by atoms with Crippen molar-refractivity contribution in [2.24, 2.45) is 7.05 Å². The van der Waals surface area contributed by atoms with Crippen molar-refractivity contribution in [1.29, 1.82) is 0 Å². The van der Waals surface area contributed by atoms with Crippen LogP contribution >= 0.6 is 0 Å². The Bertz CT molecular complexity index is 1540. The molecule has 0 bridgehead atoms. The Balaban J connectivity index is 1.47. The third kappa shape index (κ3) is 4.00. The molecular formula is C28H27N7. The van der Waals surface area contributed by atoms with Crippen LogP contribution in [0.5, 0.6) is 0 Å². The lowest BCUT2D eigenvalue weighted by atomic mass is 9.98. The monoisotopic (exact) mass is 461 g/mol. The number of aromatic nitrogens is 4. The number of nitrogens with one attached hydrogen (secondary N) is 2. The predicted octanol–water partition coefficient (Wildman–Crippen LogP) is 5.06. The molecule has 5 aromatic rings. The molecule has 0 saturated heterocycles. The second-order valence-electron chi connectivity index (χ2n) is 8.84. The highest BCUT2D eigenvalue weighted by molar-refractivity contribution is 5.97. The molecule has 2 aromatic carbocycles. The summed E-state index contributed by atoms with van der Waals surface area (Å²) in [5, 5.41) is 7.12. The Kier molecular flexibility index (Phi) is 5.39. The van der Waals surface area contributed by atoms with Gasteiger partial charge in [0, 0.05) is 74.1 Å². The Morgan fingerprint density at radius 1 is 1.06 bits per heavy atom. The molecule has 3 aromatic heterocycles. The number of anilines is 1. The van der Waals surface area contributed by atoms with E-state index in [1.54, 1.807) is 12.4 Å². The molecule has 1 aliphatic heterocycles. The normalized spacial score (nSPS) is 14.5. The first-order valence-electron chi connectivity index (χ1n) is 11.9. The molecule has 7 heteroatoms. The number of pyridine rings is 1. The van der Waals surface area contributed by atoms with Crippen LogP contribution in [0.4, 0.5) is 5.69 Å². The molecule has 7 nitrogen and oxygen atoms in total. The van der Waals surface area contributed by atoms with Crippen molar-refractivity contribution in [1.82, 2.24) is 30.0 Å². The van der Waals surface area contributed by atoms with Gasteiger partial charge in [0.25, 0.3) is 0 Å². The minimum atomic E-state index is -0.0231. The van der Waals surface area contributed by atoms with E-state index < -0.39 is 0 Å². The maximum Gasteiger partial charge on any atom is 0.0966 e. The molecule has 0 spiro atoms. The lowest BCUT2D eigenvalue weighted by molar-refractivity contribution is 0.323. The molecule has 0 radical (unpaired) electrons. The fourth-order valence-corrected chi connectivity index (χ4v) is 4.78. The first-order chi connectivity index (χ1) is 17.2. The summed E-state index contributed by atoms with van der Waals surface area (Å²) in [6.45, 7) is 3.82. The van der Waals surface area contributed by atoms with Crippen LogP contribution in [0.2, 0.25) is 0 Å². The molecule has 0 aliphatic carbocycles. The SMILES string of the molecule is CCN1C=C(C(Nc2cc(-c3ccc4ccn(C)c4c3)c3nccnc3c2)c2cccnc2)CN1. The van der Waals surface area contributed by atoms with Crippen LogP contribution in [-0.2, 0) is 7.05 Å². The first kappa shape index (κ1) is 21.3. The lowest BCUT2D eigenvalue weighted by Gasteiger charge is -2.22. The highest BCUT2D eigenvalue weighted by Crippen LogP contribution is 2.35. The Morgan fingerprint density at radius 2 is 1.97 bits per heavy atom. The number of rotatable bonds is 6. The summed E-state index contributed by atoms with van der Waals surface area (Å²) in [5.74, 6) is 0. The van der Waals surface area contributed by atoms with Crippen molar-refractivity contribution in [3.05, 3.63) is 96.9 Å². The fourth-order valence-electron chi connectivity index (χ4n) is 4.78. The molecule has 6 rings (SSSR count). The topological polar surface area (TPSA) is 70.9 Å². The summed E-state index contributed by atoms with van der Waals surface area (Å²) in [6.07, 6.45) is 11.5. The van der Waals surface area contributed by atoms with E-state index in [-0.39, 0.29) is 6.04 Å². The van der Waals surface area contributed by atoms with Crippen LogP contribution in [-0.4, -0.2) is 37.6 Å². The van der Waals surface area contributed by atoms with Crippen LogP contribution in [0.25, 0.3) is 33.1 Å². The van der Waals surface area contributed by atoms with Gasteiger partial charge in [-0.1, -0.05) is 18.2 Å². The highest BCUT2D eigenvalue weighted by atomic mass is 15.5. The number of hydrogen-bond acceptors (Lipinski definition) is 6. The molecule has 1 aliphatic rings. The van der Waals surface area contributed by atoms with E-state index in [9.17, 15) is 0 Å². The quantitative estimate of drug-likeness (QED) is 0.368. The van der Waals surface area contributed by atoms with Gasteiger partial charge in [0.1, 0.15) is 0 Å². The summed E-state index contributed by atoms with van der Waals surface area (Å²) >= 11 is 0. The van der Waals surface area contributed by atoms with Gasteiger partial charge in [-0.3, -0.25) is 15.0 Å². The van der Waals surface area contributed by atoms with E-state index in [1.807, 2.05) is 18.5 Å². The zero-order valence-corrected chi connectivity index (χ0v) is 19.8. The van der Waals surface area contributed by atoms with Gasteiger partial charge in [0.15, 0.2) is 0 Å². The number of hydrazine groups is 1. The van der Waals surface area contributed by atoms with Crippen molar-refractivity contribution < 1.29 is 0 Å². The van der Waals surface area contributed by atoms with E-state index in [4.69, 9.17) is 0 Å². The molecule has 4 heterocycles. The van der Waals surface area contributed by atoms with Gasteiger partial charge in [0.2, 0.25) is 0 Å². The van der Waals surface area contributed by atoms with E-state index in [0.717, 1.165) is 46.5 Å². The maximum atomic E-state index is 4.69. The van der Waals surface area contributed by atoms with Crippen LogP contribution in [0, 0.1) is 0 Å². The van der Waals surface area contributed by atoms with Crippen molar-refractivity contribution in [2.45, 2.75) is 13.0 Å². The summed E-state index contributed by atoms with van der Waals surface area (Å²) in [5.41, 5.74) is 11.9. The minimum absolute atomic E-state index is 0.0231. The number of aryl methyl sites for hydroxylation is 1. The maximum absolute atomic E-state index is 4.69. The van der Waals surface area contributed by atoms with Crippen LogP contribution in [0.1, 0.15) is 18.5 Å². The summed E-state index contributed by atoms with van der Waals surface area (Å²) in [6, 6.07) is 17.0. The average Bonchev–Trinajstić information content (AvgIpc) is 3.54. The minimum Gasteiger partial charge on any atom is -0.374 e. The van der Waals surface area contributed by atoms with Gasteiger partial charge < -0.3 is 14.9 Å². The molecule has 0 amide bonds. The number of fused-ring (bicyclic) bond motifs is 2. The van der Waals surface area contributed by atoms with Gasteiger partial charge >= 0.3 is 0 Å². The second kappa shape index (κ2) is 8.85. The van der Waals surface area contributed by atoms with Crippen molar-refractivity contribution >= 4 is 27.6 Å². The Labute approximate surface area is 204 Å². The lowest BCUT2D eigenvalue weighted by Crippen LogP contribution is -2.28. The Hall–Kier alpha value is -4.23. The second-order valence-corrected chi connectivity index (χ2v) is 8.84. The fraction of sp³-hybridized carbons (Fsp3) is 0.179. The molecule has 0 fully saturated rings. The molecular weight excluding hydrogens is 434 g/mol. The number of hydrogen-bond donors (Lipinski definition) is 2. The summed E-state index contributed by atoms with van der Waals surface area (Å²) in [7, 11) is 2.07. The van der Waals surface area contributed by atoms with Crippen LogP contribution < -0.4 is 10.7 Å². The van der Waals surface area contributed by atoms with Crippen molar-refractivity contribution in [2.75, 3.05) is 18.4 Å². The highest BCUT2D eigenvalue weighted by Gasteiger charge is 2.23. The molecule has 2 N–H and O–H groups in total. The largest absolute Gasteiger partial charge is 0.374 e. The number of nitrogens with zero attached hydrogens (tertiary/aromatic N) is 5. The van der Waals surface area contributed by atoms with Gasteiger partial charge in [-0.25, -0.2) is 5.43 Å². The van der Waals surface area contributed by atoms with E-state index in [0.29, 0.717) is 0 Å². The first-order valence-corrected chi connectivity index (χ1v) is 11.9. The third-order valence-corrected chi connectivity index (χ3v) is 6.62. The molecule has 174 valence electrons. The third-order valence-electron chi connectivity index (χ3n) is 6.62. The van der Waals surface area contributed by atoms with Gasteiger partial charge in [-0.15, -0.1) is 0 Å². The molecule has 0 saturated carbocycles. The predicted molar refractivity (Wildman–Crippen MR) is 141 cm³/mol. The van der Waals surface area contributed by atoms with E-state index in [1.165, 1.54) is 16.5 Å². The summed E-state index contributed by atoms with van der Waals surface area (Å²) in [4.78, 5) is 13.7. The van der Waals surface area contributed by atoms with Crippen molar-refractivity contribution in [3.8, 4) is 11.1 Å². The zero-order valence-electron chi connectivity index (χ0n) is 19.8. The van der Waals surface area contributed by atoms with Crippen molar-refractivity contribution in [3.63, 3.8) is 0 Å². The summed E-state index contributed by atoms with van der Waals surface area (Å²) < 4.78 is 2.15. The average molecular weight is 462 g/mol. The van der Waals surface area contributed by atoms with Crippen LogP contribution in [0.15, 0.2) is 91.3 Å². The zero-order chi connectivity index (χ0) is 23.8. The molecule has 1 unspecified atom stereocenters. The standard InChI is InChI=1S/C28H27N7/c1-3-35-18-22(17-32-35)27(21-5-4-9-29-16-21)33-23-14-24(28-25(15-23)30-10-11-31-28)20-7-6-19-8-12-34(2)26(19)13-20/h4-16,18,27,32-33H,3,17H2,1-2H3.